The number of aryl methyl sites for hydroxylation is 1. The van der Waals surface area contributed by atoms with E-state index in [1.807, 2.05) is 19.3 Å². The Morgan fingerprint density at radius 2 is 2.12 bits per heavy atom. The third-order valence-electron chi connectivity index (χ3n) is 2.22. The largest absolute Gasteiger partial charge is 0.383 e. The van der Waals surface area contributed by atoms with Crippen molar-refractivity contribution in [2.24, 2.45) is 0 Å². The van der Waals surface area contributed by atoms with Gasteiger partial charge in [0.1, 0.15) is 0 Å². The molecule has 1 unspecified atom stereocenters. The van der Waals surface area contributed by atoms with Crippen LogP contribution in [0.25, 0.3) is 0 Å². The number of thioether (sulfide) groups is 1. The van der Waals surface area contributed by atoms with Gasteiger partial charge in [-0.25, -0.2) is 9.97 Å². The molecule has 1 aromatic rings. The number of hydrogen-bond donors (Lipinski definition) is 1. The molecule has 0 aliphatic rings. The van der Waals surface area contributed by atoms with Crippen LogP contribution in [0.4, 0.5) is 0 Å². The van der Waals surface area contributed by atoms with E-state index in [0.29, 0.717) is 6.04 Å². The first-order chi connectivity index (χ1) is 8.26. The smallest absolute Gasteiger partial charge is 0.187 e. The summed E-state index contributed by atoms with van der Waals surface area (Å²) in [7, 11) is 1.73. The van der Waals surface area contributed by atoms with E-state index in [1.165, 1.54) is 0 Å². The molecule has 0 bridgehead atoms. The Bertz CT molecular complexity index is 305. The highest BCUT2D eigenvalue weighted by atomic mass is 32.2. The zero-order valence-electron chi connectivity index (χ0n) is 10.8. The molecule has 1 aromatic heterocycles. The summed E-state index contributed by atoms with van der Waals surface area (Å²) < 4.78 is 5.19. The lowest BCUT2D eigenvalue weighted by Crippen LogP contribution is -2.35. The Hall–Kier alpha value is -0.650. The summed E-state index contributed by atoms with van der Waals surface area (Å²) in [6.07, 6.45) is 4.83. The van der Waals surface area contributed by atoms with E-state index in [1.54, 1.807) is 18.9 Å². The number of ether oxygens (including phenoxy) is 1. The summed E-state index contributed by atoms with van der Waals surface area (Å²) in [5.74, 6) is 0.927. The van der Waals surface area contributed by atoms with Crippen LogP contribution in [0.15, 0.2) is 17.6 Å². The minimum Gasteiger partial charge on any atom is -0.383 e. The zero-order chi connectivity index (χ0) is 12.5. The summed E-state index contributed by atoms with van der Waals surface area (Å²) in [6.45, 7) is 5.89. The summed E-state index contributed by atoms with van der Waals surface area (Å²) in [4.78, 5) is 8.55. The SMILES string of the molecule is CCCNC(COC)CSc1ncc(C)cn1. The normalized spacial score (nSPS) is 12.6. The first kappa shape index (κ1) is 14.4. The molecule has 96 valence electrons. The van der Waals surface area contributed by atoms with Gasteiger partial charge in [-0.1, -0.05) is 18.7 Å². The molecule has 1 N–H and O–H groups in total. The van der Waals surface area contributed by atoms with Gasteiger partial charge in [-0.3, -0.25) is 0 Å². The first-order valence-corrected chi connectivity index (χ1v) is 6.88. The summed E-state index contributed by atoms with van der Waals surface area (Å²) >= 11 is 1.66. The number of hydrogen-bond acceptors (Lipinski definition) is 5. The van der Waals surface area contributed by atoms with Gasteiger partial charge in [0, 0.05) is 31.3 Å². The summed E-state index contributed by atoms with van der Waals surface area (Å²) in [6, 6.07) is 0.356. The molecular weight excluding hydrogens is 234 g/mol. The molecule has 0 aliphatic carbocycles. The topological polar surface area (TPSA) is 47.0 Å². The van der Waals surface area contributed by atoms with Crippen molar-refractivity contribution in [1.82, 2.24) is 15.3 Å². The fourth-order valence-corrected chi connectivity index (χ4v) is 2.16. The highest BCUT2D eigenvalue weighted by Gasteiger charge is 2.08. The van der Waals surface area contributed by atoms with Gasteiger partial charge < -0.3 is 10.1 Å². The maximum Gasteiger partial charge on any atom is 0.187 e. The summed E-state index contributed by atoms with van der Waals surface area (Å²) in [5.41, 5.74) is 1.09. The lowest BCUT2D eigenvalue weighted by Gasteiger charge is -2.16. The van der Waals surface area contributed by atoms with Crippen molar-refractivity contribution in [1.29, 1.82) is 0 Å². The second-order valence-corrected chi connectivity index (χ2v) is 4.95. The minimum absolute atomic E-state index is 0.356. The fraction of sp³-hybridized carbons (Fsp3) is 0.667. The molecule has 0 spiro atoms. The van der Waals surface area contributed by atoms with Gasteiger partial charge in [-0.05, 0) is 25.5 Å². The highest BCUT2D eigenvalue weighted by Crippen LogP contribution is 2.13. The molecule has 1 rings (SSSR count). The van der Waals surface area contributed by atoms with Gasteiger partial charge in [0.2, 0.25) is 0 Å². The fourth-order valence-electron chi connectivity index (χ4n) is 1.35. The van der Waals surface area contributed by atoms with Crippen molar-refractivity contribution in [3.63, 3.8) is 0 Å². The predicted molar refractivity (Wildman–Crippen MR) is 71.5 cm³/mol. The van der Waals surface area contributed by atoms with Crippen LogP contribution in [-0.4, -0.2) is 42.0 Å². The Labute approximate surface area is 108 Å². The molecule has 17 heavy (non-hydrogen) atoms. The van der Waals surface area contributed by atoms with Crippen LogP contribution < -0.4 is 5.32 Å². The van der Waals surface area contributed by atoms with E-state index in [-0.39, 0.29) is 0 Å². The van der Waals surface area contributed by atoms with Crippen LogP contribution in [0.1, 0.15) is 18.9 Å². The second kappa shape index (κ2) is 8.44. The average Bonchev–Trinajstić information content (AvgIpc) is 2.35. The number of nitrogens with zero attached hydrogens (tertiary/aromatic N) is 2. The average molecular weight is 255 g/mol. The molecule has 0 aromatic carbocycles. The highest BCUT2D eigenvalue weighted by molar-refractivity contribution is 7.99. The van der Waals surface area contributed by atoms with E-state index in [0.717, 1.165) is 36.0 Å². The number of rotatable bonds is 8. The van der Waals surface area contributed by atoms with Crippen molar-refractivity contribution in [2.45, 2.75) is 31.5 Å². The van der Waals surface area contributed by atoms with Gasteiger partial charge in [0.25, 0.3) is 0 Å². The van der Waals surface area contributed by atoms with Gasteiger partial charge in [0.05, 0.1) is 6.61 Å². The van der Waals surface area contributed by atoms with E-state index < -0.39 is 0 Å². The Kier molecular flexibility index (Phi) is 7.16. The Balaban J connectivity index is 2.37. The number of aromatic nitrogens is 2. The molecule has 0 fully saturated rings. The van der Waals surface area contributed by atoms with Crippen molar-refractivity contribution in [2.75, 3.05) is 26.0 Å². The molecule has 0 saturated heterocycles. The van der Waals surface area contributed by atoms with Crippen molar-refractivity contribution >= 4 is 11.8 Å². The molecule has 0 amide bonds. The Morgan fingerprint density at radius 3 is 2.71 bits per heavy atom. The Morgan fingerprint density at radius 1 is 1.41 bits per heavy atom. The van der Waals surface area contributed by atoms with E-state index in [2.05, 4.69) is 22.2 Å². The van der Waals surface area contributed by atoms with Gasteiger partial charge in [0.15, 0.2) is 5.16 Å². The van der Waals surface area contributed by atoms with Gasteiger partial charge in [-0.2, -0.15) is 0 Å². The summed E-state index contributed by atoms with van der Waals surface area (Å²) in [5, 5.41) is 4.28. The minimum atomic E-state index is 0.356. The van der Waals surface area contributed by atoms with E-state index >= 15 is 0 Å². The van der Waals surface area contributed by atoms with Crippen molar-refractivity contribution < 1.29 is 4.74 Å². The van der Waals surface area contributed by atoms with Crippen LogP contribution in [0.2, 0.25) is 0 Å². The third-order valence-corrected chi connectivity index (χ3v) is 3.26. The van der Waals surface area contributed by atoms with Gasteiger partial charge in [-0.15, -0.1) is 0 Å². The maximum atomic E-state index is 5.19. The monoisotopic (exact) mass is 255 g/mol. The van der Waals surface area contributed by atoms with E-state index in [4.69, 9.17) is 4.74 Å². The van der Waals surface area contributed by atoms with Crippen LogP contribution in [0.3, 0.4) is 0 Å². The molecular formula is C12H21N3OS. The number of nitrogens with one attached hydrogen (secondary N) is 1. The van der Waals surface area contributed by atoms with Crippen LogP contribution in [0, 0.1) is 6.92 Å². The van der Waals surface area contributed by atoms with Crippen LogP contribution in [0.5, 0.6) is 0 Å². The molecule has 1 heterocycles. The first-order valence-electron chi connectivity index (χ1n) is 5.90. The maximum absolute atomic E-state index is 5.19. The van der Waals surface area contributed by atoms with Crippen LogP contribution >= 0.6 is 11.8 Å². The number of methoxy groups -OCH3 is 1. The molecule has 0 radical (unpaired) electrons. The molecule has 4 nitrogen and oxygen atoms in total. The quantitative estimate of drug-likeness (QED) is 0.568. The van der Waals surface area contributed by atoms with Crippen LogP contribution in [-0.2, 0) is 4.74 Å². The third kappa shape index (κ3) is 6.00. The zero-order valence-corrected chi connectivity index (χ0v) is 11.6. The molecule has 0 saturated carbocycles. The van der Waals surface area contributed by atoms with Crippen molar-refractivity contribution in [3.8, 4) is 0 Å². The lowest BCUT2D eigenvalue weighted by atomic mass is 10.3. The molecule has 1 atom stereocenters. The standard InChI is InChI=1S/C12H21N3OS/c1-4-5-13-11(8-16-3)9-17-12-14-6-10(2)7-15-12/h6-7,11,13H,4-5,8-9H2,1-3H3. The van der Waals surface area contributed by atoms with Gasteiger partial charge >= 0.3 is 0 Å². The molecule has 5 heteroatoms. The lowest BCUT2D eigenvalue weighted by molar-refractivity contribution is 0.174. The van der Waals surface area contributed by atoms with E-state index in [9.17, 15) is 0 Å². The van der Waals surface area contributed by atoms with Crippen molar-refractivity contribution in [3.05, 3.63) is 18.0 Å². The molecule has 0 aliphatic heterocycles. The predicted octanol–water partition coefficient (Wildman–Crippen LogP) is 1.89. The second-order valence-electron chi connectivity index (χ2n) is 3.96.